The van der Waals surface area contributed by atoms with Crippen LogP contribution in [0.15, 0.2) is 47.4 Å². The van der Waals surface area contributed by atoms with Gasteiger partial charge in [0, 0.05) is 38.3 Å². The molecule has 2 aromatic rings. The first kappa shape index (κ1) is 19.5. The molecule has 7 nitrogen and oxygen atoms in total. The van der Waals surface area contributed by atoms with E-state index in [1.165, 1.54) is 12.1 Å². The standard InChI is InChI=1S/C19H24N4O3S/c20-19(24)18-6-2-5-16(14-3-1-4-15(13-14)27(21,25)26)17(18)7-10-23-11-8-22-9-12-23/h1-6,13,22H,7-12H2,(H2,20,24)(H2,21,25,26). The van der Waals surface area contributed by atoms with Crippen molar-refractivity contribution in [3.63, 3.8) is 0 Å². The summed E-state index contributed by atoms with van der Waals surface area (Å²) in [6.45, 7) is 4.60. The smallest absolute Gasteiger partial charge is 0.248 e. The van der Waals surface area contributed by atoms with Crippen LogP contribution in [0.5, 0.6) is 0 Å². The van der Waals surface area contributed by atoms with Crippen LogP contribution in [0.4, 0.5) is 0 Å². The van der Waals surface area contributed by atoms with E-state index < -0.39 is 15.9 Å². The number of piperazine rings is 1. The van der Waals surface area contributed by atoms with Gasteiger partial charge in [-0.05, 0) is 41.3 Å². The van der Waals surface area contributed by atoms with Crippen molar-refractivity contribution in [2.75, 3.05) is 32.7 Å². The number of carbonyl (C=O) groups excluding carboxylic acids is 1. The Labute approximate surface area is 159 Å². The van der Waals surface area contributed by atoms with Crippen molar-refractivity contribution in [3.8, 4) is 11.1 Å². The number of carbonyl (C=O) groups is 1. The molecule has 1 heterocycles. The van der Waals surface area contributed by atoms with Gasteiger partial charge in [0.1, 0.15) is 0 Å². The SMILES string of the molecule is NC(=O)c1cccc(-c2cccc(S(N)(=O)=O)c2)c1CCN1CCNCC1. The highest BCUT2D eigenvalue weighted by atomic mass is 32.2. The Kier molecular flexibility index (Phi) is 5.91. The summed E-state index contributed by atoms with van der Waals surface area (Å²) in [7, 11) is -3.81. The predicted molar refractivity (Wildman–Crippen MR) is 105 cm³/mol. The van der Waals surface area contributed by atoms with Crippen LogP contribution in [0.25, 0.3) is 11.1 Å². The predicted octanol–water partition coefficient (Wildman–Crippen LogP) is 0.548. The molecule has 0 radical (unpaired) electrons. The fraction of sp³-hybridized carbons (Fsp3) is 0.316. The zero-order valence-corrected chi connectivity index (χ0v) is 15.8. The van der Waals surface area contributed by atoms with Gasteiger partial charge in [0.25, 0.3) is 0 Å². The summed E-state index contributed by atoms with van der Waals surface area (Å²) < 4.78 is 23.4. The molecule has 0 bridgehead atoms. The number of rotatable bonds is 6. The van der Waals surface area contributed by atoms with Gasteiger partial charge in [-0.2, -0.15) is 0 Å². The highest BCUT2D eigenvalue weighted by molar-refractivity contribution is 7.89. The van der Waals surface area contributed by atoms with Gasteiger partial charge in [-0.3, -0.25) is 4.79 Å². The minimum Gasteiger partial charge on any atom is -0.366 e. The van der Waals surface area contributed by atoms with Crippen LogP contribution < -0.4 is 16.2 Å². The Hall–Kier alpha value is -2.26. The lowest BCUT2D eigenvalue weighted by Gasteiger charge is -2.27. The molecule has 144 valence electrons. The molecule has 2 aromatic carbocycles. The monoisotopic (exact) mass is 388 g/mol. The third-order valence-electron chi connectivity index (χ3n) is 4.80. The largest absolute Gasteiger partial charge is 0.366 e. The maximum Gasteiger partial charge on any atom is 0.248 e. The maximum atomic E-state index is 12.0. The second kappa shape index (κ2) is 8.18. The van der Waals surface area contributed by atoms with E-state index in [1.54, 1.807) is 18.2 Å². The van der Waals surface area contributed by atoms with E-state index in [1.807, 2.05) is 12.1 Å². The summed E-state index contributed by atoms with van der Waals surface area (Å²) in [5.74, 6) is -0.491. The summed E-state index contributed by atoms with van der Waals surface area (Å²) in [6, 6.07) is 11.8. The van der Waals surface area contributed by atoms with Crippen LogP contribution in [0.2, 0.25) is 0 Å². The summed E-state index contributed by atoms with van der Waals surface area (Å²) >= 11 is 0. The molecule has 0 atom stereocenters. The molecule has 0 aromatic heterocycles. The minimum absolute atomic E-state index is 0.0394. The summed E-state index contributed by atoms with van der Waals surface area (Å²) in [6.07, 6.45) is 0.647. The van der Waals surface area contributed by atoms with E-state index in [9.17, 15) is 13.2 Å². The molecule has 1 saturated heterocycles. The van der Waals surface area contributed by atoms with Gasteiger partial charge in [0.2, 0.25) is 15.9 Å². The number of primary sulfonamides is 1. The molecule has 0 saturated carbocycles. The summed E-state index contributed by atoms with van der Waals surface area (Å²) in [4.78, 5) is 14.3. The van der Waals surface area contributed by atoms with Gasteiger partial charge < -0.3 is 16.0 Å². The quantitative estimate of drug-likeness (QED) is 0.668. The lowest BCUT2D eigenvalue weighted by atomic mass is 9.92. The maximum absolute atomic E-state index is 12.0. The van der Waals surface area contributed by atoms with Crippen molar-refractivity contribution in [1.82, 2.24) is 10.2 Å². The second-order valence-electron chi connectivity index (χ2n) is 6.61. The van der Waals surface area contributed by atoms with Crippen molar-refractivity contribution in [2.45, 2.75) is 11.3 Å². The Morgan fingerprint density at radius 2 is 1.81 bits per heavy atom. The van der Waals surface area contributed by atoms with Crippen molar-refractivity contribution in [3.05, 3.63) is 53.6 Å². The lowest BCUT2D eigenvalue weighted by Crippen LogP contribution is -2.44. The van der Waals surface area contributed by atoms with Crippen molar-refractivity contribution in [2.24, 2.45) is 10.9 Å². The van der Waals surface area contributed by atoms with Gasteiger partial charge in [-0.1, -0.05) is 24.3 Å². The molecule has 1 amide bonds. The molecule has 5 N–H and O–H groups in total. The molecule has 1 aliphatic heterocycles. The number of amides is 1. The van der Waals surface area contributed by atoms with Gasteiger partial charge in [0.15, 0.2) is 0 Å². The van der Waals surface area contributed by atoms with Crippen molar-refractivity contribution < 1.29 is 13.2 Å². The zero-order chi connectivity index (χ0) is 19.4. The van der Waals surface area contributed by atoms with E-state index in [2.05, 4.69) is 10.2 Å². The number of primary amides is 1. The van der Waals surface area contributed by atoms with E-state index in [0.29, 0.717) is 17.5 Å². The van der Waals surface area contributed by atoms with Crippen LogP contribution in [-0.4, -0.2) is 51.9 Å². The van der Waals surface area contributed by atoms with E-state index in [-0.39, 0.29) is 4.90 Å². The molecule has 0 spiro atoms. The normalized spacial score (nSPS) is 15.6. The molecule has 1 fully saturated rings. The topological polar surface area (TPSA) is 119 Å². The Morgan fingerprint density at radius 1 is 1.11 bits per heavy atom. The van der Waals surface area contributed by atoms with Gasteiger partial charge >= 0.3 is 0 Å². The first-order chi connectivity index (χ1) is 12.9. The van der Waals surface area contributed by atoms with Crippen LogP contribution >= 0.6 is 0 Å². The second-order valence-corrected chi connectivity index (χ2v) is 8.17. The number of nitrogens with zero attached hydrogens (tertiary/aromatic N) is 1. The van der Waals surface area contributed by atoms with Gasteiger partial charge in [-0.25, -0.2) is 13.6 Å². The first-order valence-electron chi connectivity index (χ1n) is 8.84. The van der Waals surface area contributed by atoms with Crippen LogP contribution in [0.3, 0.4) is 0 Å². The molecule has 0 unspecified atom stereocenters. The minimum atomic E-state index is -3.81. The molecule has 27 heavy (non-hydrogen) atoms. The van der Waals surface area contributed by atoms with E-state index in [4.69, 9.17) is 10.9 Å². The molecule has 3 rings (SSSR count). The summed E-state index contributed by atoms with van der Waals surface area (Å²) in [5, 5.41) is 8.58. The third-order valence-corrected chi connectivity index (χ3v) is 5.71. The number of hydrogen-bond acceptors (Lipinski definition) is 5. The van der Waals surface area contributed by atoms with Crippen LogP contribution in [0, 0.1) is 0 Å². The fourth-order valence-corrected chi connectivity index (χ4v) is 3.96. The highest BCUT2D eigenvalue weighted by Crippen LogP contribution is 2.28. The van der Waals surface area contributed by atoms with Gasteiger partial charge in [0.05, 0.1) is 4.90 Å². The molecule has 8 heteroatoms. The molecular weight excluding hydrogens is 364 g/mol. The molecule has 0 aliphatic carbocycles. The number of nitrogens with two attached hydrogens (primary N) is 2. The molecular formula is C19H24N4O3S. The van der Waals surface area contributed by atoms with E-state index >= 15 is 0 Å². The first-order valence-corrected chi connectivity index (χ1v) is 10.4. The number of hydrogen-bond donors (Lipinski definition) is 3. The third kappa shape index (κ3) is 4.72. The number of benzene rings is 2. The average molecular weight is 388 g/mol. The van der Waals surface area contributed by atoms with Crippen LogP contribution in [-0.2, 0) is 16.4 Å². The Balaban J connectivity index is 1.99. The number of nitrogens with one attached hydrogen (secondary N) is 1. The summed E-state index contributed by atoms with van der Waals surface area (Å²) in [5.41, 5.74) is 8.37. The molecule has 1 aliphatic rings. The fourth-order valence-electron chi connectivity index (χ4n) is 3.40. The lowest BCUT2D eigenvalue weighted by molar-refractivity contribution is 0.0999. The van der Waals surface area contributed by atoms with Crippen molar-refractivity contribution >= 4 is 15.9 Å². The number of sulfonamides is 1. The Bertz CT molecular complexity index is 938. The zero-order valence-electron chi connectivity index (χ0n) is 15.0. The Morgan fingerprint density at radius 3 is 2.48 bits per heavy atom. The average Bonchev–Trinajstić information content (AvgIpc) is 2.66. The van der Waals surface area contributed by atoms with E-state index in [0.717, 1.165) is 43.9 Å². The van der Waals surface area contributed by atoms with Gasteiger partial charge in [-0.15, -0.1) is 0 Å². The van der Waals surface area contributed by atoms with Crippen molar-refractivity contribution in [1.29, 1.82) is 0 Å². The highest BCUT2D eigenvalue weighted by Gasteiger charge is 2.17. The van der Waals surface area contributed by atoms with Crippen LogP contribution in [0.1, 0.15) is 15.9 Å².